The van der Waals surface area contributed by atoms with Crippen LogP contribution in [0.3, 0.4) is 0 Å². The lowest BCUT2D eigenvalue weighted by Crippen LogP contribution is -2.20. The second-order valence-electron chi connectivity index (χ2n) is 6.30. The number of halogens is 2. The van der Waals surface area contributed by atoms with E-state index >= 15 is 0 Å². The summed E-state index contributed by atoms with van der Waals surface area (Å²) >= 11 is 12.3. The Balaban J connectivity index is 1.60. The summed E-state index contributed by atoms with van der Waals surface area (Å²) in [4.78, 5) is 28.1. The molecule has 0 aliphatic carbocycles. The molecule has 8 heteroatoms. The van der Waals surface area contributed by atoms with Crippen LogP contribution in [0.25, 0.3) is 22.1 Å². The minimum atomic E-state index is -0.501. The molecule has 2 aromatic carbocycles. The average molecular weight is 441 g/mol. The molecule has 150 valence electrons. The van der Waals surface area contributed by atoms with Crippen LogP contribution in [-0.2, 0) is 4.79 Å². The Morgan fingerprint density at radius 3 is 2.63 bits per heavy atom. The Labute approximate surface area is 181 Å². The highest BCUT2D eigenvalue weighted by molar-refractivity contribution is 6.33. The van der Waals surface area contributed by atoms with Crippen LogP contribution in [0.15, 0.2) is 76.1 Å². The van der Waals surface area contributed by atoms with E-state index in [4.69, 9.17) is 32.4 Å². The first-order chi connectivity index (χ1) is 14.5. The zero-order valence-electron chi connectivity index (χ0n) is 15.4. The number of nitrogens with zero attached hydrogens (tertiary/aromatic N) is 1. The van der Waals surface area contributed by atoms with Gasteiger partial charge in [-0.05, 0) is 29.3 Å². The third-order valence-corrected chi connectivity index (χ3v) is 4.87. The topological polar surface area (TPSA) is 81.4 Å². The number of carbonyl (C=O) groups is 1. The van der Waals surface area contributed by atoms with Crippen molar-refractivity contribution in [3.05, 3.63) is 87.5 Å². The molecule has 0 atom stereocenters. The molecule has 0 unspecified atom stereocenters. The lowest BCUT2D eigenvalue weighted by atomic mass is 10.0. The minimum absolute atomic E-state index is 0.171. The number of ether oxygens (including phenoxy) is 1. The maximum Gasteiger partial charge on any atom is 0.336 e. The van der Waals surface area contributed by atoms with Gasteiger partial charge >= 0.3 is 5.63 Å². The lowest BCUT2D eigenvalue weighted by Gasteiger charge is -2.11. The molecule has 1 amide bonds. The van der Waals surface area contributed by atoms with Crippen LogP contribution in [0.1, 0.15) is 0 Å². The fourth-order valence-corrected chi connectivity index (χ4v) is 3.32. The molecular weight excluding hydrogens is 427 g/mol. The van der Waals surface area contributed by atoms with E-state index in [0.717, 1.165) is 5.56 Å². The van der Waals surface area contributed by atoms with Crippen molar-refractivity contribution in [2.75, 3.05) is 11.9 Å². The van der Waals surface area contributed by atoms with Gasteiger partial charge in [-0.3, -0.25) is 4.79 Å². The summed E-state index contributed by atoms with van der Waals surface area (Å²) in [5.41, 5.74) is 1.72. The van der Waals surface area contributed by atoms with E-state index in [2.05, 4.69) is 10.3 Å². The van der Waals surface area contributed by atoms with Crippen molar-refractivity contribution in [2.45, 2.75) is 0 Å². The molecule has 2 heterocycles. The van der Waals surface area contributed by atoms with Crippen molar-refractivity contribution < 1.29 is 13.9 Å². The second kappa shape index (κ2) is 8.57. The maximum atomic E-state index is 12.2. The number of carbonyl (C=O) groups excluding carboxylic acids is 1. The molecular formula is C22H14Cl2N2O4. The number of rotatable bonds is 5. The van der Waals surface area contributed by atoms with Gasteiger partial charge < -0.3 is 14.5 Å². The molecule has 0 bridgehead atoms. The molecule has 0 saturated carbocycles. The molecule has 6 nitrogen and oxygen atoms in total. The Kier molecular flexibility index (Phi) is 5.70. The first kappa shape index (κ1) is 19.9. The Morgan fingerprint density at radius 1 is 1.07 bits per heavy atom. The first-order valence-electron chi connectivity index (χ1n) is 8.87. The summed E-state index contributed by atoms with van der Waals surface area (Å²) in [6, 6.07) is 17.2. The number of nitrogens with one attached hydrogen (secondary N) is 1. The molecule has 0 aliphatic heterocycles. The summed E-state index contributed by atoms with van der Waals surface area (Å²) in [5, 5.41) is 3.71. The van der Waals surface area contributed by atoms with Gasteiger partial charge in [-0.1, -0.05) is 53.5 Å². The molecule has 4 rings (SSSR count). The number of benzene rings is 2. The number of pyridine rings is 1. The quantitative estimate of drug-likeness (QED) is 0.341. The largest absolute Gasteiger partial charge is 0.482 e. The highest BCUT2D eigenvalue weighted by Gasteiger charge is 2.14. The predicted molar refractivity (Wildman–Crippen MR) is 116 cm³/mol. The zero-order chi connectivity index (χ0) is 21.1. The van der Waals surface area contributed by atoms with Crippen molar-refractivity contribution in [1.82, 2.24) is 4.98 Å². The van der Waals surface area contributed by atoms with E-state index in [0.29, 0.717) is 22.2 Å². The monoisotopic (exact) mass is 440 g/mol. The lowest BCUT2D eigenvalue weighted by molar-refractivity contribution is -0.118. The highest BCUT2D eigenvalue weighted by Crippen LogP contribution is 2.34. The minimum Gasteiger partial charge on any atom is -0.482 e. The molecule has 0 fully saturated rings. The number of hydrogen-bond acceptors (Lipinski definition) is 5. The summed E-state index contributed by atoms with van der Waals surface area (Å²) < 4.78 is 10.9. The van der Waals surface area contributed by atoms with Gasteiger partial charge in [0, 0.05) is 23.7 Å². The number of hydrogen-bond donors (Lipinski definition) is 1. The van der Waals surface area contributed by atoms with E-state index in [1.807, 2.05) is 30.3 Å². The molecule has 30 heavy (non-hydrogen) atoms. The summed E-state index contributed by atoms with van der Waals surface area (Å²) in [7, 11) is 0. The fraction of sp³-hybridized carbons (Fsp3) is 0.0455. The average Bonchev–Trinajstić information content (AvgIpc) is 2.74. The number of anilines is 1. The van der Waals surface area contributed by atoms with E-state index in [1.165, 1.54) is 18.3 Å². The van der Waals surface area contributed by atoms with Crippen LogP contribution >= 0.6 is 23.2 Å². The molecule has 0 aliphatic rings. The SMILES string of the molecule is O=C(COc1cc2oc(=O)cc(-c3ccccc3)c2cc1Cl)Nc1cccnc1Cl. The molecule has 0 radical (unpaired) electrons. The maximum absolute atomic E-state index is 12.2. The van der Waals surface area contributed by atoms with Gasteiger partial charge in [0.2, 0.25) is 0 Å². The normalized spacial score (nSPS) is 10.7. The fourth-order valence-electron chi connectivity index (χ4n) is 2.94. The molecule has 1 N–H and O–H groups in total. The number of aromatic nitrogens is 1. The van der Waals surface area contributed by atoms with Gasteiger partial charge in [-0.25, -0.2) is 9.78 Å². The van der Waals surface area contributed by atoms with Gasteiger partial charge in [0.1, 0.15) is 11.3 Å². The Bertz CT molecular complexity index is 1290. The van der Waals surface area contributed by atoms with E-state index in [9.17, 15) is 9.59 Å². The van der Waals surface area contributed by atoms with Gasteiger partial charge in [0.05, 0.1) is 10.7 Å². The van der Waals surface area contributed by atoms with E-state index in [1.54, 1.807) is 18.2 Å². The van der Waals surface area contributed by atoms with Crippen LogP contribution in [0.4, 0.5) is 5.69 Å². The molecule has 2 aromatic heterocycles. The van der Waals surface area contributed by atoms with Gasteiger partial charge in [0.25, 0.3) is 5.91 Å². The summed E-state index contributed by atoms with van der Waals surface area (Å²) in [5.74, 6) is -0.231. The van der Waals surface area contributed by atoms with Gasteiger partial charge in [0.15, 0.2) is 11.8 Å². The van der Waals surface area contributed by atoms with Crippen molar-refractivity contribution in [1.29, 1.82) is 0 Å². The van der Waals surface area contributed by atoms with Crippen LogP contribution in [0.5, 0.6) is 5.75 Å². The number of amides is 1. The third kappa shape index (κ3) is 4.30. The van der Waals surface area contributed by atoms with Crippen molar-refractivity contribution in [3.8, 4) is 16.9 Å². The van der Waals surface area contributed by atoms with Crippen LogP contribution < -0.4 is 15.7 Å². The number of fused-ring (bicyclic) bond motifs is 1. The van der Waals surface area contributed by atoms with Crippen molar-refractivity contribution in [3.63, 3.8) is 0 Å². The third-order valence-electron chi connectivity index (χ3n) is 4.27. The Hall–Kier alpha value is -3.35. The second-order valence-corrected chi connectivity index (χ2v) is 7.07. The summed E-state index contributed by atoms with van der Waals surface area (Å²) in [6.07, 6.45) is 1.51. The zero-order valence-corrected chi connectivity index (χ0v) is 16.9. The smallest absolute Gasteiger partial charge is 0.336 e. The molecule has 4 aromatic rings. The van der Waals surface area contributed by atoms with E-state index < -0.39 is 11.5 Å². The van der Waals surface area contributed by atoms with Crippen molar-refractivity contribution >= 4 is 45.8 Å². The van der Waals surface area contributed by atoms with Gasteiger partial charge in [-0.2, -0.15) is 0 Å². The van der Waals surface area contributed by atoms with Crippen LogP contribution in [-0.4, -0.2) is 17.5 Å². The molecule has 0 saturated heterocycles. The van der Waals surface area contributed by atoms with E-state index in [-0.39, 0.29) is 22.5 Å². The van der Waals surface area contributed by atoms with Gasteiger partial charge in [-0.15, -0.1) is 0 Å². The van der Waals surface area contributed by atoms with Crippen LogP contribution in [0, 0.1) is 0 Å². The standard InChI is InChI=1S/C22H14Cl2N2O4/c23-16-9-15-14(13-5-2-1-3-6-13)10-21(28)30-18(15)11-19(16)29-12-20(27)26-17-7-4-8-25-22(17)24/h1-11H,12H2,(H,26,27). The van der Waals surface area contributed by atoms with Crippen molar-refractivity contribution in [2.24, 2.45) is 0 Å². The highest BCUT2D eigenvalue weighted by atomic mass is 35.5. The predicted octanol–water partition coefficient (Wildman–Crippen LogP) is 5.18. The summed E-state index contributed by atoms with van der Waals surface area (Å²) in [6.45, 7) is -0.320. The molecule has 0 spiro atoms. The van der Waals surface area contributed by atoms with Crippen LogP contribution in [0.2, 0.25) is 10.2 Å². The first-order valence-corrected chi connectivity index (χ1v) is 9.63. The Morgan fingerprint density at radius 2 is 1.87 bits per heavy atom.